The predicted octanol–water partition coefficient (Wildman–Crippen LogP) is 3.50. The zero-order valence-corrected chi connectivity index (χ0v) is 16.5. The number of nitrogens with two attached hydrogens (primary N) is 1. The van der Waals surface area contributed by atoms with Crippen molar-refractivity contribution in [2.45, 2.75) is 44.6 Å². The molecule has 2 aromatic carbocycles. The lowest BCUT2D eigenvalue weighted by atomic mass is 10.00. The molecule has 0 saturated heterocycles. The Bertz CT molecular complexity index is 891. The molecule has 0 spiro atoms. The molecular weight excluding hydrogens is 344 g/mol. The van der Waals surface area contributed by atoms with Gasteiger partial charge in [-0.15, -0.1) is 0 Å². The lowest BCUT2D eigenvalue weighted by Gasteiger charge is -2.28. The molecule has 5 heteroatoms. The summed E-state index contributed by atoms with van der Waals surface area (Å²) in [5.74, 6) is 0.196. The number of hydrogen-bond acceptors (Lipinski definition) is 4. The molecule has 140 valence electrons. The Morgan fingerprint density at radius 1 is 1.04 bits per heavy atom. The van der Waals surface area contributed by atoms with Crippen molar-refractivity contribution in [1.29, 1.82) is 0 Å². The van der Waals surface area contributed by atoms with E-state index in [9.17, 15) is 8.42 Å². The number of fused-ring (bicyclic) bond motifs is 1. The van der Waals surface area contributed by atoms with E-state index in [1.165, 1.54) is 11.1 Å². The maximum absolute atomic E-state index is 12.7. The van der Waals surface area contributed by atoms with Crippen molar-refractivity contribution in [2.24, 2.45) is 0 Å². The minimum absolute atomic E-state index is 0.196. The molecule has 1 aliphatic rings. The Hall–Kier alpha value is -1.85. The van der Waals surface area contributed by atoms with Gasteiger partial charge in [0.25, 0.3) is 0 Å². The Balaban J connectivity index is 1.53. The van der Waals surface area contributed by atoms with Crippen molar-refractivity contribution in [3.63, 3.8) is 0 Å². The van der Waals surface area contributed by atoms with Gasteiger partial charge in [0.1, 0.15) is 0 Å². The highest BCUT2D eigenvalue weighted by molar-refractivity contribution is 7.91. The van der Waals surface area contributed by atoms with Crippen molar-refractivity contribution in [1.82, 2.24) is 4.90 Å². The first-order valence-corrected chi connectivity index (χ1v) is 10.9. The summed E-state index contributed by atoms with van der Waals surface area (Å²) in [4.78, 5) is 2.85. The van der Waals surface area contributed by atoms with Gasteiger partial charge in [-0.05, 0) is 74.0 Å². The Labute approximate surface area is 156 Å². The van der Waals surface area contributed by atoms with Gasteiger partial charge < -0.3 is 5.73 Å². The molecule has 0 unspecified atom stereocenters. The highest BCUT2D eigenvalue weighted by Crippen LogP contribution is 2.24. The minimum Gasteiger partial charge on any atom is -0.399 e. The molecule has 0 aliphatic carbocycles. The maximum atomic E-state index is 12.7. The Morgan fingerprint density at radius 2 is 1.77 bits per heavy atom. The zero-order valence-electron chi connectivity index (χ0n) is 15.7. The summed E-state index contributed by atoms with van der Waals surface area (Å²) >= 11 is 0. The van der Waals surface area contributed by atoms with Crippen molar-refractivity contribution >= 4 is 15.5 Å². The number of unbranched alkanes of at least 4 members (excludes halogenated alkanes) is 1. The van der Waals surface area contributed by atoms with Crippen LogP contribution in [0.15, 0.2) is 41.3 Å². The van der Waals surface area contributed by atoms with Crippen molar-refractivity contribution in [3.05, 3.63) is 58.7 Å². The van der Waals surface area contributed by atoms with Crippen LogP contribution in [0.4, 0.5) is 5.69 Å². The summed E-state index contributed by atoms with van der Waals surface area (Å²) in [5, 5.41) is 0. The molecule has 0 atom stereocenters. The molecule has 3 rings (SSSR count). The van der Waals surface area contributed by atoms with Gasteiger partial charge in [0.2, 0.25) is 0 Å². The summed E-state index contributed by atoms with van der Waals surface area (Å²) in [5.41, 5.74) is 10.9. The fourth-order valence-corrected chi connectivity index (χ4v) is 5.34. The molecule has 2 N–H and O–H groups in total. The lowest BCUT2D eigenvalue weighted by Crippen LogP contribution is -2.31. The van der Waals surface area contributed by atoms with Crippen LogP contribution in [0.1, 0.15) is 35.1 Å². The van der Waals surface area contributed by atoms with Crippen LogP contribution >= 0.6 is 0 Å². The maximum Gasteiger partial charge on any atom is 0.178 e. The monoisotopic (exact) mass is 372 g/mol. The van der Waals surface area contributed by atoms with Crippen LogP contribution in [0.2, 0.25) is 0 Å². The fraction of sp³-hybridized carbons (Fsp3) is 0.429. The van der Waals surface area contributed by atoms with E-state index in [0.29, 0.717) is 17.0 Å². The molecule has 26 heavy (non-hydrogen) atoms. The molecule has 0 bridgehead atoms. The van der Waals surface area contributed by atoms with Crippen molar-refractivity contribution in [2.75, 3.05) is 24.6 Å². The smallest absolute Gasteiger partial charge is 0.178 e. The number of benzene rings is 2. The number of nitrogens with zero attached hydrogens (tertiary/aromatic N) is 1. The third kappa shape index (κ3) is 4.27. The number of anilines is 1. The van der Waals surface area contributed by atoms with Gasteiger partial charge >= 0.3 is 0 Å². The molecular formula is C21H28N2O2S. The average Bonchev–Trinajstić information content (AvgIpc) is 2.61. The number of aryl methyl sites for hydroxylation is 2. The Kier molecular flexibility index (Phi) is 5.68. The van der Waals surface area contributed by atoms with E-state index in [1.807, 2.05) is 13.8 Å². The molecule has 2 aromatic rings. The number of rotatable bonds is 6. The molecule has 1 heterocycles. The van der Waals surface area contributed by atoms with Crippen LogP contribution in [0.5, 0.6) is 0 Å². The zero-order chi connectivity index (χ0) is 18.7. The summed E-state index contributed by atoms with van der Waals surface area (Å²) in [6, 6.07) is 12.1. The van der Waals surface area contributed by atoms with E-state index in [1.54, 1.807) is 12.1 Å². The van der Waals surface area contributed by atoms with Crippen LogP contribution < -0.4 is 5.73 Å². The molecule has 0 saturated carbocycles. The first-order valence-electron chi connectivity index (χ1n) is 9.25. The van der Waals surface area contributed by atoms with Gasteiger partial charge in [-0.1, -0.05) is 24.3 Å². The quantitative estimate of drug-likeness (QED) is 0.623. The topological polar surface area (TPSA) is 63.4 Å². The van der Waals surface area contributed by atoms with Gasteiger partial charge in [-0.3, -0.25) is 4.90 Å². The molecule has 1 aliphatic heterocycles. The van der Waals surface area contributed by atoms with E-state index in [0.717, 1.165) is 43.6 Å². The third-order valence-corrected chi connectivity index (χ3v) is 7.18. The van der Waals surface area contributed by atoms with Crippen LogP contribution in [0, 0.1) is 13.8 Å². The largest absolute Gasteiger partial charge is 0.399 e. The van der Waals surface area contributed by atoms with Crippen LogP contribution in [-0.2, 0) is 22.8 Å². The molecule has 0 aromatic heterocycles. The Morgan fingerprint density at radius 3 is 2.54 bits per heavy atom. The van der Waals surface area contributed by atoms with E-state index in [-0.39, 0.29) is 5.75 Å². The van der Waals surface area contributed by atoms with Gasteiger partial charge in [-0.2, -0.15) is 0 Å². The van der Waals surface area contributed by atoms with Gasteiger partial charge in [0, 0.05) is 18.8 Å². The average molecular weight is 373 g/mol. The van der Waals surface area contributed by atoms with Crippen LogP contribution in [-0.4, -0.2) is 32.2 Å². The third-order valence-electron chi connectivity index (χ3n) is 5.25. The van der Waals surface area contributed by atoms with Gasteiger partial charge in [0.15, 0.2) is 9.84 Å². The summed E-state index contributed by atoms with van der Waals surface area (Å²) < 4.78 is 25.4. The van der Waals surface area contributed by atoms with E-state index in [4.69, 9.17) is 5.73 Å². The molecule has 0 radical (unpaired) electrons. The lowest BCUT2D eigenvalue weighted by molar-refractivity contribution is 0.250. The predicted molar refractivity (Wildman–Crippen MR) is 107 cm³/mol. The second kappa shape index (κ2) is 7.80. The molecule has 0 amide bonds. The second-order valence-electron chi connectivity index (χ2n) is 7.30. The highest BCUT2D eigenvalue weighted by atomic mass is 32.2. The number of hydrogen-bond donors (Lipinski definition) is 1. The van der Waals surface area contributed by atoms with Gasteiger partial charge in [-0.25, -0.2) is 8.42 Å². The number of nitrogen functional groups attached to an aromatic ring is 1. The first kappa shape index (κ1) is 18.9. The van der Waals surface area contributed by atoms with E-state index < -0.39 is 9.84 Å². The second-order valence-corrected chi connectivity index (χ2v) is 9.37. The van der Waals surface area contributed by atoms with Crippen molar-refractivity contribution < 1.29 is 8.42 Å². The standard InChI is InChI=1S/C21H28N2O2S/c1-16-14-21(17(2)13-20(16)22)26(24,25)12-6-5-10-23-11-9-18-7-3-4-8-19(18)15-23/h3-4,7-8,13-14H,5-6,9-12,15,22H2,1-2H3. The normalized spacial score (nSPS) is 15.0. The number of sulfone groups is 1. The SMILES string of the molecule is Cc1cc(S(=O)(=O)CCCCN2CCc3ccccc3C2)c(C)cc1N. The summed E-state index contributed by atoms with van der Waals surface area (Å²) in [6.07, 6.45) is 2.66. The summed E-state index contributed by atoms with van der Waals surface area (Å²) in [6.45, 7) is 6.64. The van der Waals surface area contributed by atoms with Crippen LogP contribution in [0.25, 0.3) is 0 Å². The fourth-order valence-electron chi connectivity index (χ4n) is 3.63. The molecule has 4 nitrogen and oxygen atoms in total. The molecule has 0 fully saturated rings. The van der Waals surface area contributed by atoms with E-state index in [2.05, 4.69) is 29.2 Å². The highest BCUT2D eigenvalue weighted by Gasteiger charge is 2.19. The summed E-state index contributed by atoms with van der Waals surface area (Å²) in [7, 11) is -3.26. The van der Waals surface area contributed by atoms with Gasteiger partial charge in [0.05, 0.1) is 10.6 Å². The van der Waals surface area contributed by atoms with Crippen molar-refractivity contribution in [3.8, 4) is 0 Å². The van der Waals surface area contributed by atoms with Crippen LogP contribution in [0.3, 0.4) is 0 Å². The first-order chi connectivity index (χ1) is 12.4. The van der Waals surface area contributed by atoms with E-state index >= 15 is 0 Å². The minimum atomic E-state index is -3.26.